The Labute approximate surface area is 217 Å². The number of rotatable bonds is 25. The van der Waals surface area contributed by atoms with Crippen LogP contribution in [0.25, 0.3) is 0 Å². The summed E-state index contributed by atoms with van der Waals surface area (Å²) in [7, 11) is 0. The van der Waals surface area contributed by atoms with E-state index in [0.29, 0.717) is 19.6 Å². The van der Waals surface area contributed by atoms with Gasteiger partial charge in [0.15, 0.2) is 0 Å². The lowest BCUT2D eigenvalue weighted by atomic mass is 10.0. The molecular formula is C29H59NO5. The molecule has 0 rings (SSSR count). The summed E-state index contributed by atoms with van der Waals surface area (Å²) < 4.78 is 17.0. The fraction of sp³-hybridized carbons (Fsp3) is 0.966. The standard InChI is InChI=1S/C29H59NO5/c1-6-28(24-31)35-29(32)30-27(19-23-34-21-14-10-8-12-17-26(4)5)18-15-22-33-20-13-9-7-11-16-25(2)3/h25-28,31H,6-24H2,1-5H3,(H,30,32). The number of aliphatic hydroxyl groups is 1. The topological polar surface area (TPSA) is 77.0 Å². The van der Waals surface area contributed by atoms with E-state index in [2.05, 4.69) is 33.0 Å². The highest BCUT2D eigenvalue weighted by Gasteiger charge is 2.16. The van der Waals surface area contributed by atoms with Gasteiger partial charge < -0.3 is 24.6 Å². The van der Waals surface area contributed by atoms with Gasteiger partial charge in [0, 0.05) is 32.5 Å². The molecule has 0 heterocycles. The van der Waals surface area contributed by atoms with Crippen LogP contribution in [0.1, 0.15) is 125 Å². The molecule has 0 saturated carbocycles. The van der Waals surface area contributed by atoms with Crippen LogP contribution in [0.2, 0.25) is 0 Å². The van der Waals surface area contributed by atoms with Crippen LogP contribution < -0.4 is 5.32 Å². The van der Waals surface area contributed by atoms with E-state index in [1.54, 1.807) is 0 Å². The Morgan fingerprint density at radius 1 is 0.686 bits per heavy atom. The highest BCUT2D eigenvalue weighted by molar-refractivity contribution is 5.67. The highest BCUT2D eigenvalue weighted by Crippen LogP contribution is 2.11. The van der Waals surface area contributed by atoms with E-state index in [1.165, 1.54) is 51.4 Å². The molecule has 0 bridgehead atoms. The van der Waals surface area contributed by atoms with Gasteiger partial charge in [-0.3, -0.25) is 0 Å². The van der Waals surface area contributed by atoms with Crippen molar-refractivity contribution in [1.82, 2.24) is 5.32 Å². The maximum atomic E-state index is 12.3. The number of hydrogen-bond acceptors (Lipinski definition) is 5. The highest BCUT2D eigenvalue weighted by atomic mass is 16.6. The minimum Gasteiger partial charge on any atom is -0.444 e. The molecule has 6 nitrogen and oxygen atoms in total. The summed E-state index contributed by atoms with van der Waals surface area (Å²) in [5.74, 6) is 1.59. The Bertz CT molecular complexity index is 454. The second kappa shape index (κ2) is 24.8. The predicted octanol–water partition coefficient (Wildman–Crippen LogP) is 7.27. The van der Waals surface area contributed by atoms with Gasteiger partial charge in [0.05, 0.1) is 6.61 Å². The fourth-order valence-corrected chi connectivity index (χ4v) is 3.97. The molecule has 1 amide bonds. The number of unbranched alkanes of at least 4 members (excludes halogenated alkanes) is 6. The monoisotopic (exact) mass is 501 g/mol. The minimum atomic E-state index is -0.455. The van der Waals surface area contributed by atoms with Crippen LogP contribution in [-0.4, -0.2) is 56.4 Å². The summed E-state index contributed by atoms with van der Waals surface area (Å²) in [4.78, 5) is 12.3. The Morgan fingerprint density at radius 3 is 1.71 bits per heavy atom. The molecule has 0 aromatic heterocycles. The first-order valence-corrected chi connectivity index (χ1v) is 14.6. The van der Waals surface area contributed by atoms with Crippen molar-refractivity contribution >= 4 is 6.09 Å². The van der Waals surface area contributed by atoms with Crippen molar-refractivity contribution in [2.24, 2.45) is 11.8 Å². The van der Waals surface area contributed by atoms with Gasteiger partial charge in [0.1, 0.15) is 6.10 Å². The molecule has 0 radical (unpaired) electrons. The molecule has 2 N–H and O–H groups in total. The molecule has 0 aliphatic heterocycles. The van der Waals surface area contributed by atoms with Gasteiger partial charge in [-0.25, -0.2) is 4.79 Å². The number of carbonyl (C=O) groups excluding carboxylic acids is 1. The zero-order valence-electron chi connectivity index (χ0n) is 23.8. The number of nitrogens with one attached hydrogen (secondary N) is 1. The average Bonchev–Trinajstić information content (AvgIpc) is 2.81. The van der Waals surface area contributed by atoms with E-state index in [4.69, 9.17) is 14.2 Å². The van der Waals surface area contributed by atoms with Crippen molar-refractivity contribution < 1.29 is 24.1 Å². The van der Waals surface area contributed by atoms with Crippen LogP contribution in [0.3, 0.4) is 0 Å². The predicted molar refractivity (Wildman–Crippen MR) is 146 cm³/mol. The fourth-order valence-electron chi connectivity index (χ4n) is 3.97. The third-order valence-electron chi connectivity index (χ3n) is 6.35. The second-order valence-electron chi connectivity index (χ2n) is 10.8. The van der Waals surface area contributed by atoms with E-state index in [0.717, 1.165) is 57.2 Å². The van der Waals surface area contributed by atoms with E-state index in [-0.39, 0.29) is 12.6 Å². The lowest BCUT2D eigenvalue weighted by Gasteiger charge is -2.21. The molecule has 35 heavy (non-hydrogen) atoms. The Kier molecular flexibility index (Phi) is 24.2. The molecule has 0 fully saturated rings. The van der Waals surface area contributed by atoms with Crippen molar-refractivity contribution in [2.45, 2.75) is 137 Å². The van der Waals surface area contributed by atoms with Gasteiger partial charge in [-0.15, -0.1) is 0 Å². The smallest absolute Gasteiger partial charge is 0.407 e. The lowest BCUT2D eigenvalue weighted by molar-refractivity contribution is 0.0510. The first-order chi connectivity index (χ1) is 16.9. The summed E-state index contributed by atoms with van der Waals surface area (Å²) in [6, 6.07) is -0.00984. The van der Waals surface area contributed by atoms with Gasteiger partial charge in [-0.1, -0.05) is 86.0 Å². The summed E-state index contributed by atoms with van der Waals surface area (Å²) >= 11 is 0. The molecule has 6 heteroatoms. The van der Waals surface area contributed by atoms with Gasteiger partial charge >= 0.3 is 6.09 Å². The Hall–Kier alpha value is -0.850. The molecule has 0 spiro atoms. The Balaban J connectivity index is 4.07. The molecule has 0 aromatic rings. The zero-order chi connectivity index (χ0) is 26.2. The Morgan fingerprint density at radius 2 is 1.20 bits per heavy atom. The number of alkyl carbamates (subject to hydrolysis) is 1. The summed E-state index contributed by atoms with van der Waals surface area (Å²) in [6.07, 6.45) is 14.7. The van der Waals surface area contributed by atoms with Crippen LogP contribution in [0.4, 0.5) is 4.79 Å². The molecular weight excluding hydrogens is 442 g/mol. The summed E-state index contributed by atoms with van der Waals surface area (Å²) in [5.41, 5.74) is 0. The zero-order valence-corrected chi connectivity index (χ0v) is 23.8. The van der Waals surface area contributed by atoms with Crippen molar-refractivity contribution in [3.63, 3.8) is 0 Å². The summed E-state index contributed by atoms with van der Waals surface area (Å²) in [6.45, 7) is 13.8. The quantitative estimate of drug-likeness (QED) is 0.129. The largest absolute Gasteiger partial charge is 0.444 e. The van der Waals surface area contributed by atoms with Gasteiger partial charge in [0.2, 0.25) is 0 Å². The number of hydrogen-bond donors (Lipinski definition) is 2. The average molecular weight is 502 g/mol. The van der Waals surface area contributed by atoms with Crippen LogP contribution in [-0.2, 0) is 14.2 Å². The van der Waals surface area contributed by atoms with Gasteiger partial charge in [0.25, 0.3) is 0 Å². The second-order valence-corrected chi connectivity index (χ2v) is 10.8. The number of ether oxygens (including phenoxy) is 3. The van der Waals surface area contributed by atoms with Crippen molar-refractivity contribution in [3.05, 3.63) is 0 Å². The molecule has 2 unspecified atom stereocenters. The van der Waals surface area contributed by atoms with E-state index in [9.17, 15) is 9.90 Å². The third kappa shape index (κ3) is 24.6. The van der Waals surface area contributed by atoms with Crippen molar-refractivity contribution in [3.8, 4) is 0 Å². The van der Waals surface area contributed by atoms with Crippen molar-refractivity contribution in [1.29, 1.82) is 0 Å². The molecule has 210 valence electrons. The molecule has 2 atom stereocenters. The van der Waals surface area contributed by atoms with E-state index >= 15 is 0 Å². The van der Waals surface area contributed by atoms with Crippen LogP contribution in [0.15, 0.2) is 0 Å². The SMILES string of the molecule is CCC(CO)OC(=O)NC(CCCOCCCCCCC(C)C)CCOCCCCCCC(C)C. The molecule has 0 aromatic carbocycles. The molecule has 0 aliphatic rings. The normalized spacial score (nSPS) is 13.4. The molecule has 0 aliphatic carbocycles. The van der Waals surface area contributed by atoms with Crippen LogP contribution in [0.5, 0.6) is 0 Å². The number of aliphatic hydroxyl groups excluding tert-OH is 1. The number of carbonyl (C=O) groups is 1. The first-order valence-electron chi connectivity index (χ1n) is 14.6. The molecule has 0 saturated heterocycles. The summed E-state index contributed by atoms with van der Waals surface area (Å²) in [5, 5.41) is 12.3. The minimum absolute atomic E-state index is 0.00984. The van der Waals surface area contributed by atoms with Crippen LogP contribution >= 0.6 is 0 Å². The van der Waals surface area contributed by atoms with Gasteiger partial charge in [-0.2, -0.15) is 0 Å². The lowest BCUT2D eigenvalue weighted by Crippen LogP contribution is -2.38. The van der Waals surface area contributed by atoms with Gasteiger partial charge in [-0.05, 0) is 50.4 Å². The van der Waals surface area contributed by atoms with E-state index in [1.807, 2.05) is 6.92 Å². The maximum absolute atomic E-state index is 12.3. The van der Waals surface area contributed by atoms with Crippen molar-refractivity contribution in [2.75, 3.05) is 33.0 Å². The van der Waals surface area contributed by atoms with E-state index < -0.39 is 12.2 Å². The third-order valence-corrected chi connectivity index (χ3v) is 6.35. The number of amides is 1. The van der Waals surface area contributed by atoms with Crippen LogP contribution in [0, 0.1) is 11.8 Å². The maximum Gasteiger partial charge on any atom is 0.407 e. The first kappa shape index (κ1) is 34.1.